The van der Waals surface area contributed by atoms with Gasteiger partial charge in [-0.05, 0) is 20.8 Å². The Kier molecular flexibility index (Phi) is 3.36. The van der Waals surface area contributed by atoms with Gasteiger partial charge in [-0.2, -0.15) is 5.10 Å². The minimum absolute atomic E-state index is 0.146. The van der Waals surface area contributed by atoms with E-state index in [0.29, 0.717) is 0 Å². The van der Waals surface area contributed by atoms with Gasteiger partial charge in [-0.25, -0.2) is 0 Å². The van der Waals surface area contributed by atoms with Crippen LogP contribution < -0.4 is 5.84 Å². The molecule has 0 aliphatic rings. The molecule has 0 saturated carbocycles. The second-order valence-electron chi connectivity index (χ2n) is 3.00. The molecule has 3 heteroatoms. The molecule has 0 aliphatic carbocycles. The molecule has 0 bridgehead atoms. The number of methoxy groups -OCH3 is 1. The van der Waals surface area contributed by atoms with Gasteiger partial charge < -0.3 is 10.6 Å². The van der Waals surface area contributed by atoms with E-state index in [1.54, 1.807) is 7.11 Å². The predicted molar refractivity (Wildman–Crippen MR) is 43.0 cm³/mol. The van der Waals surface area contributed by atoms with Crippen molar-refractivity contribution in [2.24, 2.45) is 10.9 Å². The highest BCUT2D eigenvalue weighted by molar-refractivity contribution is 5.82. The van der Waals surface area contributed by atoms with Gasteiger partial charge in [0.1, 0.15) is 0 Å². The van der Waals surface area contributed by atoms with Gasteiger partial charge in [-0.15, -0.1) is 0 Å². The molecule has 0 heterocycles. The molecule has 0 aromatic rings. The van der Waals surface area contributed by atoms with Crippen LogP contribution in [0.3, 0.4) is 0 Å². The van der Waals surface area contributed by atoms with Crippen molar-refractivity contribution >= 4 is 5.71 Å². The molecule has 10 heavy (non-hydrogen) atoms. The normalized spacial score (nSPS) is 13.8. The molecule has 0 rings (SSSR count). The highest BCUT2D eigenvalue weighted by Crippen LogP contribution is 2.12. The van der Waals surface area contributed by atoms with E-state index in [1.165, 1.54) is 0 Å². The molecule has 0 aromatic heterocycles. The first-order valence-electron chi connectivity index (χ1n) is 3.30. The van der Waals surface area contributed by atoms with E-state index in [1.807, 2.05) is 20.8 Å². The smallest absolute Gasteiger partial charge is 0.0675 e. The molecule has 0 aromatic carbocycles. The van der Waals surface area contributed by atoms with Crippen molar-refractivity contribution in [3.63, 3.8) is 0 Å². The van der Waals surface area contributed by atoms with Crippen LogP contribution in [0.25, 0.3) is 0 Å². The third kappa shape index (κ3) is 3.45. The summed E-state index contributed by atoms with van der Waals surface area (Å²) in [4.78, 5) is 0. The Morgan fingerprint density at radius 3 is 2.40 bits per heavy atom. The fourth-order valence-corrected chi connectivity index (χ4v) is 0.734. The first-order chi connectivity index (χ1) is 4.52. The minimum atomic E-state index is -0.146. The van der Waals surface area contributed by atoms with Crippen LogP contribution in [0.1, 0.15) is 27.2 Å². The van der Waals surface area contributed by atoms with E-state index in [-0.39, 0.29) is 5.60 Å². The van der Waals surface area contributed by atoms with Gasteiger partial charge in [0.25, 0.3) is 0 Å². The molecule has 0 amide bonds. The Morgan fingerprint density at radius 2 is 2.10 bits per heavy atom. The molecule has 2 N–H and O–H groups in total. The maximum Gasteiger partial charge on any atom is 0.0675 e. The zero-order valence-electron chi connectivity index (χ0n) is 7.14. The van der Waals surface area contributed by atoms with Gasteiger partial charge in [-0.1, -0.05) is 0 Å². The maximum atomic E-state index is 5.17. The van der Waals surface area contributed by atoms with Gasteiger partial charge >= 0.3 is 0 Å². The van der Waals surface area contributed by atoms with Gasteiger partial charge in [0.05, 0.1) is 5.60 Å². The van der Waals surface area contributed by atoms with Crippen LogP contribution in [0.4, 0.5) is 0 Å². The van der Waals surface area contributed by atoms with Crippen molar-refractivity contribution < 1.29 is 4.74 Å². The van der Waals surface area contributed by atoms with Crippen LogP contribution in [-0.4, -0.2) is 18.4 Å². The lowest BCUT2D eigenvalue weighted by Crippen LogP contribution is -2.25. The van der Waals surface area contributed by atoms with Crippen LogP contribution >= 0.6 is 0 Å². The molecule has 0 atom stereocenters. The molecular weight excluding hydrogens is 128 g/mol. The Labute approximate surface area is 62.2 Å². The van der Waals surface area contributed by atoms with Crippen molar-refractivity contribution in [2.45, 2.75) is 32.8 Å². The van der Waals surface area contributed by atoms with Crippen molar-refractivity contribution in [3.05, 3.63) is 0 Å². The monoisotopic (exact) mass is 144 g/mol. The Hall–Kier alpha value is -0.570. The van der Waals surface area contributed by atoms with Crippen LogP contribution in [-0.2, 0) is 4.74 Å². The summed E-state index contributed by atoms with van der Waals surface area (Å²) in [5, 5.41) is 3.56. The SMILES string of the molecule is COC(C)(C)C/C(C)=N/N. The summed E-state index contributed by atoms with van der Waals surface area (Å²) in [7, 11) is 1.68. The summed E-state index contributed by atoms with van der Waals surface area (Å²) >= 11 is 0. The van der Waals surface area contributed by atoms with Crippen molar-refractivity contribution in [1.29, 1.82) is 0 Å². The lowest BCUT2D eigenvalue weighted by Gasteiger charge is -2.21. The van der Waals surface area contributed by atoms with Crippen LogP contribution in [0, 0.1) is 0 Å². The first-order valence-corrected chi connectivity index (χ1v) is 3.30. The van der Waals surface area contributed by atoms with E-state index in [4.69, 9.17) is 10.6 Å². The number of hydrogen-bond donors (Lipinski definition) is 1. The van der Waals surface area contributed by atoms with E-state index < -0.39 is 0 Å². The largest absolute Gasteiger partial charge is 0.378 e. The Balaban J connectivity index is 3.88. The fraction of sp³-hybridized carbons (Fsp3) is 0.857. The summed E-state index contributed by atoms with van der Waals surface area (Å²) in [5.74, 6) is 5.07. The molecule has 0 unspecified atom stereocenters. The number of nitrogens with two attached hydrogens (primary N) is 1. The zero-order chi connectivity index (χ0) is 8.20. The summed E-state index contributed by atoms with van der Waals surface area (Å²) in [6.45, 7) is 5.89. The standard InChI is InChI=1S/C7H16N2O/c1-6(9-8)5-7(2,3)10-4/h5,8H2,1-4H3/b9-6+. The molecular formula is C7H16N2O. The average molecular weight is 144 g/mol. The van der Waals surface area contributed by atoms with Gasteiger partial charge in [0, 0.05) is 19.2 Å². The van der Waals surface area contributed by atoms with Crippen LogP contribution in [0.2, 0.25) is 0 Å². The van der Waals surface area contributed by atoms with Crippen molar-refractivity contribution in [2.75, 3.05) is 7.11 Å². The van der Waals surface area contributed by atoms with Crippen molar-refractivity contribution in [1.82, 2.24) is 0 Å². The zero-order valence-corrected chi connectivity index (χ0v) is 7.14. The molecule has 0 radical (unpaired) electrons. The van der Waals surface area contributed by atoms with E-state index in [9.17, 15) is 0 Å². The molecule has 0 spiro atoms. The number of hydrogen-bond acceptors (Lipinski definition) is 3. The van der Waals surface area contributed by atoms with Crippen molar-refractivity contribution in [3.8, 4) is 0 Å². The second kappa shape index (κ2) is 3.56. The van der Waals surface area contributed by atoms with Gasteiger partial charge in [-0.3, -0.25) is 0 Å². The number of ether oxygens (including phenoxy) is 1. The quantitative estimate of drug-likeness (QED) is 0.367. The number of hydrazone groups is 1. The first kappa shape index (κ1) is 9.43. The number of nitrogens with zero attached hydrogens (tertiary/aromatic N) is 1. The second-order valence-corrected chi connectivity index (χ2v) is 3.00. The van der Waals surface area contributed by atoms with Crippen LogP contribution in [0.15, 0.2) is 5.10 Å². The molecule has 0 aliphatic heterocycles. The topological polar surface area (TPSA) is 47.6 Å². The molecule has 60 valence electrons. The summed E-state index contributed by atoms with van der Waals surface area (Å²) in [5.41, 5.74) is 0.763. The third-order valence-corrected chi connectivity index (χ3v) is 1.45. The average Bonchev–Trinajstić information content (AvgIpc) is 1.87. The molecule has 0 fully saturated rings. The van der Waals surface area contributed by atoms with Gasteiger partial charge in [0.15, 0.2) is 0 Å². The van der Waals surface area contributed by atoms with E-state index >= 15 is 0 Å². The summed E-state index contributed by atoms with van der Waals surface area (Å²) < 4.78 is 5.17. The minimum Gasteiger partial charge on any atom is -0.378 e. The molecule has 0 saturated heterocycles. The van der Waals surface area contributed by atoms with Crippen LogP contribution in [0.5, 0.6) is 0 Å². The highest BCUT2D eigenvalue weighted by Gasteiger charge is 2.16. The predicted octanol–water partition coefficient (Wildman–Crippen LogP) is 1.14. The Morgan fingerprint density at radius 1 is 1.60 bits per heavy atom. The third-order valence-electron chi connectivity index (χ3n) is 1.45. The fourth-order valence-electron chi connectivity index (χ4n) is 0.734. The summed E-state index contributed by atoms with van der Waals surface area (Å²) in [6.07, 6.45) is 0.778. The summed E-state index contributed by atoms with van der Waals surface area (Å²) in [6, 6.07) is 0. The molecule has 3 nitrogen and oxygen atoms in total. The maximum absolute atomic E-state index is 5.17. The van der Waals surface area contributed by atoms with Gasteiger partial charge in [0.2, 0.25) is 0 Å². The Bertz CT molecular complexity index is 130. The lowest BCUT2D eigenvalue weighted by molar-refractivity contribution is 0.0291. The lowest BCUT2D eigenvalue weighted by atomic mass is 10.0. The van der Waals surface area contributed by atoms with E-state index in [0.717, 1.165) is 12.1 Å². The highest BCUT2D eigenvalue weighted by atomic mass is 16.5. The number of rotatable bonds is 3. The van der Waals surface area contributed by atoms with E-state index in [2.05, 4.69) is 5.10 Å².